The Bertz CT molecular complexity index is 1310. The topological polar surface area (TPSA) is 103 Å². The predicted octanol–water partition coefficient (Wildman–Crippen LogP) is 3.28. The Morgan fingerprint density at radius 2 is 1.66 bits per heavy atom. The molecule has 1 saturated heterocycles. The average molecular weight is 497 g/mol. The zero-order valence-corrected chi connectivity index (χ0v) is 19.6. The second-order valence-corrected chi connectivity index (χ2v) is 9.88. The van der Waals surface area contributed by atoms with Crippen molar-refractivity contribution in [3.8, 4) is 23.0 Å². The fourth-order valence-corrected chi connectivity index (χ4v) is 5.20. The van der Waals surface area contributed by atoms with Crippen molar-refractivity contribution in [2.75, 3.05) is 38.2 Å². The molecule has 182 valence electrons. The average Bonchev–Trinajstić information content (AvgIpc) is 2.90. The number of carbonyl (C=O) groups is 1. The third-order valence-electron chi connectivity index (χ3n) is 5.59. The fourth-order valence-electron chi connectivity index (χ4n) is 3.77. The van der Waals surface area contributed by atoms with E-state index in [9.17, 15) is 13.2 Å². The van der Waals surface area contributed by atoms with E-state index in [1.165, 1.54) is 22.5 Å². The third kappa shape index (κ3) is 5.09. The van der Waals surface area contributed by atoms with Gasteiger partial charge < -0.3 is 24.3 Å². The lowest BCUT2D eigenvalue weighted by molar-refractivity contribution is -0.125. The number of sulfonamides is 1. The number of hydrogen-bond donors (Lipinski definition) is 1. The molecule has 1 N–H and O–H groups in total. The van der Waals surface area contributed by atoms with E-state index in [1.54, 1.807) is 30.3 Å². The van der Waals surface area contributed by atoms with Gasteiger partial charge in [-0.15, -0.1) is 0 Å². The standard InChI is InChI=1S/C25H24N2O7S/c28-25(24-17-32-22-8-4-5-9-23(22)34-24)26-20-16-19(35(29,30)27-12-14-31-15-13-27)10-11-21(20)33-18-6-2-1-3-7-18/h1-11,16,24H,12-15,17H2,(H,26,28)/t24-/m1/s1. The first-order valence-electron chi connectivity index (χ1n) is 11.1. The van der Waals surface area contributed by atoms with E-state index in [1.807, 2.05) is 24.3 Å². The van der Waals surface area contributed by atoms with Gasteiger partial charge >= 0.3 is 0 Å². The molecule has 0 spiro atoms. The van der Waals surface area contributed by atoms with Crippen LogP contribution in [0.4, 0.5) is 5.69 Å². The van der Waals surface area contributed by atoms with E-state index in [-0.39, 0.29) is 30.3 Å². The van der Waals surface area contributed by atoms with Crippen LogP contribution in [0.5, 0.6) is 23.0 Å². The number of amides is 1. The summed E-state index contributed by atoms with van der Waals surface area (Å²) < 4.78 is 50.5. The first-order valence-corrected chi connectivity index (χ1v) is 12.6. The smallest absolute Gasteiger partial charge is 0.269 e. The van der Waals surface area contributed by atoms with Crippen molar-refractivity contribution in [2.45, 2.75) is 11.0 Å². The largest absolute Gasteiger partial charge is 0.485 e. The number of rotatable bonds is 6. The molecule has 0 bridgehead atoms. The predicted molar refractivity (Wildman–Crippen MR) is 128 cm³/mol. The second kappa shape index (κ2) is 9.95. The first-order chi connectivity index (χ1) is 17.0. The van der Waals surface area contributed by atoms with Gasteiger partial charge in [-0.05, 0) is 42.5 Å². The van der Waals surface area contributed by atoms with Gasteiger partial charge in [-0.25, -0.2) is 8.42 Å². The molecule has 3 aromatic carbocycles. The monoisotopic (exact) mass is 496 g/mol. The number of benzene rings is 3. The number of anilines is 1. The summed E-state index contributed by atoms with van der Waals surface area (Å²) in [4.78, 5) is 13.1. The molecule has 0 unspecified atom stereocenters. The first kappa shape index (κ1) is 23.2. The highest BCUT2D eigenvalue weighted by Gasteiger charge is 2.30. The summed E-state index contributed by atoms with van der Waals surface area (Å²) in [6, 6.07) is 20.5. The van der Waals surface area contributed by atoms with Crippen molar-refractivity contribution in [3.63, 3.8) is 0 Å². The maximum Gasteiger partial charge on any atom is 0.269 e. The summed E-state index contributed by atoms with van der Waals surface area (Å²) in [5.74, 6) is 1.37. The molecule has 0 aliphatic carbocycles. The molecule has 1 fully saturated rings. The molecule has 2 aliphatic rings. The summed E-state index contributed by atoms with van der Waals surface area (Å²) in [5, 5.41) is 2.77. The van der Waals surface area contributed by atoms with Crippen molar-refractivity contribution < 1.29 is 32.2 Å². The highest BCUT2D eigenvalue weighted by atomic mass is 32.2. The fraction of sp³-hybridized carbons (Fsp3) is 0.240. The molecule has 2 heterocycles. The Kier molecular flexibility index (Phi) is 6.58. The van der Waals surface area contributed by atoms with Gasteiger partial charge in [0.1, 0.15) is 12.4 Å². The van der Waals surface area contributed by atoms with E-state index >= 15 is 0 Å². The van der Waals surface area contributed by atoms with Gasteiger partial charge in [0.25, 0.3) is 5.91 Å². The number of fused-ring (bicyclic) bond motifs is 1. The number of para-hydroxylation sites is 3. The van der Waals surface area contributed by atoms with Gasteiger partial charge in [-0.3, -0.25) is 4.79 Å². The van der Waals surface area contributed by atoms with E-state index in [0.717, 1.165) is 0 Å². The summed E-state index contributed by atoms with van der Waals surface area (Å²) >= 11 is 0. The van der Waals surface area contributed by atoms with E-state index in [0.29, 0.717) is 36.2 Å². The van der Waals surface area contributed by atoms with Gasteiger partial charge in [-0.1, -0.05) is 30.3 Å². The molecule has 9 nitrogen and oxygen atoms in total. The molecular formula is C25H24N2O7S. The minimum absolute atomic E-state index is 0.0174. The molecule has 1 atom stereocenters. The van der Waals surface area contributed by atoms with Gasteiger partial charge in [-0.2, -0.15) is 4.31 Å². The number of nitrogens with one attached hydrogen (secondary N) is 1. The minimum Gasteiger partial charge on any atom is -0.485 e. The van der Waals surface area contributed by atoms with Crippen molar-refractivity contribution in [1.29, 1.82) is 0 Å². The molecule has 10 heteroatoms. The Morgan fingerprint density at radius 1 is 0.943 bits per heavy atom. The molecular weight excluding hydrogens is 472 g/mol. The Labute approximate surface area is 203 Å². The summed E-state index contributed by atoms with van der Waals surface area (Å²) in [6.45, 7) is 1.21. The third-order valence-corrected chi connectivity index (χ3v) is 7.48. The van der Waals surface area contributed by atoms with E-state index in [2.05, 4.69) is 5.32 Å². The van der Waals surface area contributed by atoms with Crippen LogP contribution in [-0.2, 0) is 19.6 Å². The van der Waals surface area contributed by atoms with E-state index < -0.39 is 22.0 Å². The molecule has 1 amide bonds. The van der Waals surface area contributed by atoms with Crippen LogP contribution in [0.15, 0.2) is 77.7 Å². The molecule has 5 rings (SSSR count). The Hall–Kier alpha value is -3.60. The van der Waals surface area contributed by atoms with Crippen molar-refractivity contribution in [3.05, 3.63) is 72.8 Å². The minimum atomic E-state index is -3.78. The van der Waals surface area contributed by atoms with Crippen LogP contribution in [-0.4, -0.2) is 57.6 Å². The van der Waals surface area contributed by atoms with Crippen molar-refractivity contribution in [1.82, 2.24) is 4.31 Å². The maximum atomic E-state index is 13.2. The second-order valence-electron chi connectivity index (χ2n) is 7.94. The number of hydrogen-bond acceptors (Lipinski definition) is 7. The lowest BCUT2D eigenvalue weighted by Crippen LogP contribution is -2.41. The van der Waals surface area contributed by atoms with Crippen LogP contribution in [0.3, 0.4) is 0 Å². The Morgan fingerprint density at radius 3 is 2.43 bits per heavy atom. The zero-order chi connectivity index (χ0) is 24.3. The van der Waals surface area contributed by atoms with Crippen LogP contribution in [0.25, 0.3) is 0 Å². The SMILES string of the molecule is O=C(Nc1cc(S(=O)(=O)N2CCOCC2)ccc1Oc1ccccc1)[C@H]1COc2ccccc2O1. The highest BCUT2D eigenvalue weighted by Crippen LogP contribution is 2.34. The molecule has 0 saturated carbocycles. The van der Waals surface area contributed by atoms with Gasteiger partial charge in [0.2, 0.25) is 16.1 Å². The summed E-state index contributed by atoms with van der Waals surface area (Å²) in [7, 11) is -3.78. The van der Waals surface area contributed by atoms with Crippen LogP contribution >= 0.6 is 0 Å². The maximum absolute atomic E-state index is 13.2. The highest BCUT2D eigenvalue weighted by molar-refractivity contribution is 7.89. The molecule has 2 aliphatic heterocycles. The molecule has 35 heavy (non-hydrogen) atoms. The zero-order valence-electron chi connectivity index (χ0n) is 18.8. The van der Waals surface area contributed by atoms with Gasteiger partial charge in [0.15, 0.2) is 17.2 Å². The van der Waals surface area contributed by atoms with Crippen LogP contribution in [0.2, 0.25) is 0 Å². The quantitative estimate of drug-likeness (QED) is 0.559. The number of ether oxygens (including phenoxy) is 4. The van der Waals surface area contributed by atoms with Crippen LogP contribution < -0.4 is 19.5 Å². The van der Waals surface area contributed by atoms with Crippen molar-refractivity contribution >= 4 is 21.6 Å². The number of morpholine rings is 1. The number of nitrogens with zero attached hydrogens (tertiary/aromatic N) is 1. The van der Waals surface area contributed by atoms with Gasteiger partial charge in [0.05, 0.1) is 23.8 Å². The molecule has 0 aromatic heterocycles. The lowest BCUT2D eigenvalue weighted by Gasteiger charge is -2.27. The van der Waals surface area contributed by atoms with Crippen LogP contribution in [0, 0.1) is 0 Å². The normalized spacial score (nSPS) is 18.0. The van der Waals surface area contributed by atoms with Gasteiger partial charge in [0, 0.05) is 13.1 Å². The summed E-state index contributed by atoms with van der Waals surface area (Å²) in [5.41, 5.74) is 0.204. The summed E-state index contributed by atoms with van der Waals surface area (Å²) in [6.07, 6.45) is -0.922. The Balaban J connectivity index is 1.43. The lowest BCUT2D eigenvalue weighted by atomic mass is 10.2. The van der Waals surface area contributed by atoms with Crippen LogP contribution in [0.1, 0.15) is 0 Å². The van der Waals surface area contributed by atoms with Crippen molar-refractivity contribution in [2.24, 2.45) is 0 Å². The number of carbonyl (C=O) groups excluding carboxylic acids is 1. The van der Waals surface area contributed by atoms with E-state index in [4.69, 9.17) is 18.9 Å². The molecule has 0 radical (unpaired) electrons. The molecule has 3 aromatic rings.